The highest BCUT2D eigenvalue weighted by Gasteiger charge is 2.06. The monoisotopic (exact) mass is 349 g/mol. The van der Waals surface area contributed by atoms with Crippen molar-refractivity contribution in [3.63, 3.8) is 0 Å². The Morgan fingerprint density at radius 2 is 1.73 bits per heavy atom. The summed E-state index contributed by atoms with van der Waals surface area (Å²) in [5.74, 6) is 1.89. The molecule has 5 nitrogen and oxygen atoms in total. The van der Waals surface area contributed by atoms with Gasteiger partial charge in [0.1, 0.15) is 5.82 Å². The van der Waals surface area contributed by atoms with E-state index in [0.29, 0.717) is 0 Å². The van der Waals surface area contributed by atoms with Gasteiger partial charge < -0.3 is 15.2 Å². The van der Waals surface area contributed by atoms with Crippen LogP contribution in [0.3, 0.4) is 0 Å². The lowest BCUT2D eigenvalue weighted by atomic mass is 10.1. The summed E-state index contributed by atoms with van der Waals surface area (Å²) in [5.41, 5.74) is 3.60. The molecule has 26 heavy (non-hydrogen) atoms. The summed E-state index contributed by atoms with van der Waals surface area (Å²) in [6, 6.07) is 18.8. The standard InChI is InChI=1S/C21H27N5/c1-17-25-19-12-6-7-13-20(19)26(17)16-15-24-21(22-2)23-14-8-11-18-9-4-3-5-10-18/h3-7,9-10,12-13H,8,11,14-16H2,1-2H3,(H2,22,23,24). The third-order valence-corrected chi connectivity index (χ3v) is 4.47. The topological polar surface area (TPSA) is 54.2 Å². The summed E-state index contributed by atoms with van der Waals surface area (Å²) in [4.78, 5) is 8.92. The predicted octanol–water partition coefficient (Wildman–Crippen LogP) is 3.14. The second-order valence-electron chi connectivity index (χ2n) is 6.31. The molecule has 5 heteroatoms. The van der Waals surface area contributed by atoms with E-state index in [1.807, 2.05) is 13.1 Å². The number of fused-ring (bicyclic) bond motifs is 1. The number of nitrogens with one attached hydrogen (secondary N) is 2. The van der Waals surface area contributed by atoms with Crippen molar-refractivity contribution in [2.24, 2.45) is 4.99 Å². The number of guanidine groups is 1. The van der Waals surface area contributed by atoms with Crippen molar-refractivity contribution in [2.75, 3.05) is 20.1 Å². The molecule has 0 atom stereocenters. The van der Waals surface area contributed by atoms with Gasteiger partial charge in [0.2, 0.25) is 0 Å². The van der Waals surface area contributed by atoms with E-state index < -0.39 is 0 Å². The van der Waals surface area contributed by atoms with E-state index in [1.54, 1.807) is 0 Å². The molecule has 2 N–H and O–H groups in total. The van der Waals surface area contributed by atoms with E-state index in [-0.39, 0.29) is 0 Å². The van der Waals surface area contributed by atoms with Crippen LogP contribution in [0.4, 0.5) is 0 Å². The van der Waals surface area contributed by atoms with Crippen LogP contribution in [0, 0.1) is 6.92 Å². The van der Waals surface area contributed by atoms with Gasteiger partial charge in [0, 0.05) is 26.7 Å². The minimum Gasteiger partial charge on any atom is -0.356 e. The molecule has 0 saturated carbocycles. The minimum atomic E-state index is 0.805. The molecule has 0 amide bonds. The third kappa shape index (κ3) is 4.63. The summed E-state index contributed by atoms with van der Waals surface area (Å²) in [6.45, 7) is 4.62. The lowest BCUT2D eigenvalue weighted by molar-refractivity contribution is 0.656. The Bertz CT molecular complexity index is 851. The molecule has 2 aromatic carbocycles. The van der Waals surface area contributed by atoms with Gasteiger partial charge in [-0.3, -0.25) is 4.99 Å². The average Bonchev–Trinajstić information content (AvgIpc) is 3.00. The maximum atomic E-state index is 4.61. The Labute approximate surface area is 155 Å². The molecule has 3 rings (SSSR count). The third-order valence-electron chi connectivity index (χ3n) is 4.47. The molecule has 0 unspecified atom stereocenters. The highest BCUT2D eigenvalue weighted by atomic mass is 15.2. The van der Waals surface area contributed by atoms with Gasteiger partial charge in [-0.25, -0.2) is 4.98 Å². The van der Waals surface area contributed by atoms with Crippen molar-refractivity contribution < 1.29 is 0 Å². The largest absolute Gasteiger partial charge is 0.356 e. The first-order valence-corrected chi connectivity index (χ1v) is 9.18. The molecule has 3 aromatic rings. The number of hydrogen-bond donors (Lipinski definition) is 2. The number of rotatable bonds is 7. The van der Waals surface area contributed by atoms with Crippen LogP contribution in [0.25, 0.3) is 11.0 Å². The first kappa shape index (κ1) is 18.0. The van der Waals surface area contributed by atoms with Gasteiger partial charge in [0.25, 0.3) is 0 Å². The summed E-state index contributed by atoms with van der Waals surface area (Å²) < 4.78 is 2.24. The highest BCUT2D eigenvalue weighted by Crippen LogP contribution is 2.14. The normalized spacial score (nSPS) is 11.7. The van der Waals surface area contributed by atoms with Crippen molar-refractivity contribution >= 4 is 17.0 Å². The van der Waals surface area contributed by atoms with Crippen molar-refractivity contribution in [1.29, 1.82) is 0 Å². The summed E-state index contributed by atoms with van der Waals surface area (Å²) in [7, 11) is 1.81. The number of benzene rings is 2. The molecule has 0 aliphatic rings. The first-order valence-electron chi connectivity index (χ1n) is 9.18. The molecule has 1 aromatic heterocycles. The zero-order chi connectivity index (χ0) is 18.2. The fraction of sp³-hybridized carbons (Fsp3) is 0.333. The zero-order valence-corrected chi connectivity index (χ0v) is 15.6. The first-order chi connectivity index (χ1) is 12.8. The van der Waals surface area contributed by atoms with Gasteiger partial charge >= 0.3 is 0 Å². The maximum absolute atomic E-state index is 4.61. The number of para-hydroxylation sites is 2. The van der Waals surface area contributed by atoms with Crippen LogP contribution >= 0.6 is 0 Å². The molecule has 1 heterocycles. The lowest BCUT2D eigenvalue weighted by Gasteiger charge is -2.13. The molecule has 0 bridgehead atoms. The van der Waals surface area contributed by atoms with E-state index in [0.717, 1.165) is 49.8 Å². The maximum Gasteiger partial charge on any atom is 0.191 e. The fourth-order valence-corrected chi connectivity index (χ4v) is 3.13. The summed E-state index contributed by atoms with van der Waals surface area (Å²) >= 11 is 0. The average molecular weight is 349 g/mol. The van der Waals surface area contributed by atoms with E-state index in [1.165, 1.54) is 11.1 Å². The van der Waals surface area contributed by atoms with Crippen molar-refractivity contribution in [3.8, 4) is 0 Å². The quantitative estimate of drug-likeness (QED) is 0.391. The lowest BCUT2D eigenvalue weighted by Crippen LogP contribution is -2.39. The molecule has 0 spiro atoms. The van der Waals surface area contributed by atoms with Crippen LogP contribution < -0.4 is 10.6 Å². The Balaban J connectivity index is 1.43. The Kier molecular flexibility index (Phi) is 6.25. The van der Waals surface area contributed by atoms with Crippen molar-refractivity contribution in [3.05, 3.63) is 66.0 Å². The van der Waals surface area contributed by atoms with Gasteiger partial charge in [0.05, 0.1) is 11.0 Å². The minimum absolute atomic E-state index is 0.805. The van der Waals surface area contributed by atoms with Gasteiger partial charge in [0.15, 0.2) is 5.96 Å². The highest BCUT2D eigenvalue weighted by molar-refractivity contribution is 5.79. The zero-order valence-electron chi connectivity index (χ0n) is 15.6. The molecule has 0 saturated heterocycles. The number of aryl methyl sites for hydroxylation is 2. The SMILES string of the molecule is CN=C(NCCCc1ccccc1)NCCn1c(C)nc2ccccc21. The second-order valence-corrected chi connectivity index (χ2v) is 6.31. The van der Waals surface area contributed by atoms with Gasteiger partial charge in [-0.05, 0) is 37.5 Å². The van der Waals surface area contributed by atoms with Crippen LogP contribution in [0.5, 0.6) is 0 Å². The second kappa shape index (κ2) is 9.04. The molecule has 136 valence electrons. The van der Waals surface area contributed by atoms with Crippen LogP contribution in [-0.2, 0) is 13.0 Å². The van der Waals surface area contributed by atoms with E-state index >= 15 is 0 Å². The van der Waals surface area contributed by atoms with Crippen molar-refractivity contribution in [2.45, 2.75) is 26.3 Å². The van der Waals surface area contributed by atoms with Gasteiger partial charge in [-0.15, -0.1) is 0 Å². The van der Waals surface area contributed by atoms with Crippen molar-refractivity contribution in [1.82, 2.24) is 20.2 Å². The van der Waals surface area contributed by atoms with Gasteiger partial charge in [-0.1, -0.05) is 42.5 Å². The summed E-state index contributed by atoms with van der Waals surface area (Å²) in [5, 5.41) is 6.77. The van der Waals surface area contributed by atoms with E-state index in [2.05, 4.69) is 80.6 Å². The Morgan fingerprint density at radius 1 is 1.00 bits per heavy atom. The molecule has 0 aliphatic carbocycles. The molecule has 0 radical (unpaired) electrons. The van der Waals surface area contributed by atoms with Crippen LogP contribution in [0.1, 0.15) is 17.8 Å². The molecule has 0 aliphatic heterocycles. The fourth-order valence-electron chi connectivity index (χ4n) is 3.13. The number of nitrogens with zero attached hydrogens (tertiary/aromatic N) is 3. The predicted molar refractivity (Wildman–Crippen MR) is 109 cm³/mol. The summed E-state index contributed by atoms with van der Waals surface area (Å²) in [6.07, 6.45) is 2.15. The Morgan fingerprint density at radius 3 is 2.54 bits per heavy atom. The molecule has 0 fully saturated rings. The van der Waals surface area contributed by atoms with Crippen LogP contribution in [0.15, 0.2) is 59.6 Å². The van der Waals surface area contributed by atoms with E-state index in [4.69, 9.17) is 0 Å². The Hall–Kier alpha value is -2.82. The number of imidazole rings is 1. The van der Waals surface area contributed by atoms with E-state index in [9.17, 15) is 0 Å². The molecular weight excluding hydrogens is 322 g/mol. The number of aliphatic imine (C=N–C) groups is 1. The van der Waals surface area contributed by atoms with Crippen LogP contribution in [-0.4, -0.2) is 35.6 Å². The van der Waals surface area contributed by atoms with Gasteiger partial charge in [-0.2, -0.15) is 0 Å². The van der Waals surface area contributed by atoms with Crippen LogP contribution in [0.2, 0.25) is 0 Å². The number of hydrogen-bond acceptors (Lipinski definition) is 2. The molecular formula is C21H27N5. The smallest absolute Gasteiger partial charge is 0.191 e. The number of aromatic nitrogens is 2.